The number of aromatic nitrogens is 1. The highest BCUT2D eigenvalue weighted by atomic mass is 16.5. The molecule has 34 heavy (non-hydrogen) atoms. The summed E-state index contributed by atoms with van der Waals surface area (Å²) in [7, 11) is 3.22. The number of para-hydroxylation sites is 1. The van der Waals surface area contributed by atoms with Crippen LogP contribution in [-0.4, -0.2) is 51.4 Å². The number of hydrogen-bond donors (Lipinski definition) is 1. The largest absolute Gasteiger partial charge is 0.493 e. The smallest absolute Gasteiger partial charge is 0.257 e. The molecule has 1 aromatic heterocycles. The Morgan fingerprint density at radius 2 is 1.94 bits per heavy atom. The van der Waals surface area contributed by atoms with Crippen LogP contribution in [0.15, 0.2) is 48.5 Å². The van der Waals surface area contributed by atoms with Crippen molar-refractivity contribution in [2.24, 2.45) is 5.92 Å². The highest BCUT2D eigenvalue weighted by Crippen LogP contribution is 2.29. The summed E-state index contributed by atoms with van der Waals surface area (Å²) in [5.74, 6) is 3.45. The summed E-state index contributed by atoms with van der Waals surface area (Å²) in [6.07, 6.45) is 3.13. The lowest BCUT2D eigenvalue weighted by atomic mass is 10.0. The van der Waals surface area contributed by atoms with E-state index in [1.807, 2.05) is 36.4 Å². The molecule has 0 saturated carbocycles. The Morgan fingerprint density at radius 3 is 2.74 bits per heavy atom. The first kappa shape index (κ1) is 23.7. The minimum Gasteiger partial charge on any atom is -0.493 e. The van der Waals surface area contributed by atoms with Crippen molar-refractivity contribution in [1.82, 2.24) is 10.3 Å². The molecule has 7 heteroatoms. The van der Waals surface area contributed by atoms with E-state index in [-0.39, 0.29) is 12.5 Å². The molecule has 1 unspecified atom stereocenters. The van der Waals surface area contributed by atoms with Crippen molar-refractivity contribution in [2.45, 2.75) is 26.2 Å². The molecule has 0 radical (unpaired) electrons. The second-order valence-corrected chi connectivity index (χ2v) is 8.77. The predicted molar refractivity (Wildman–Crippen MR) is 134 cm³/mol. The van der Waals surface area contributed by atoms with Crippen LogP contribution >= 0.6 is 0 Å². The van der Waals surface area contributed by atoms with Gasteiger partial charge in [0.05, 0.1) is 14.2 Å². The van der Waals surface area contributed by atoms with Crippen LogP contribution in [0.4, 0.5) is 5.82 Å². The van der Waals surface area contributed by atoms with Gasteiger partial charge < -0.3 is 24.4 Å². The Balaban J connectivity index is 1.34. The number of anilines is 1. The van der Waals surface area contributed by atoms with Gasteiger partial charge in [-0.3, -0.25) is 4.79 Å². The number of benzene rings is 2. The predicted octanol–water partition coefficient (Wildman–Crippen LogP) is 4.23. The van der Waals surface area contributed by atoms with Crippen molar-refractivity contribution < 1.29 is 19.0 Å². The van der Waals surface area contributed by atoms with Gasteiger partial charge in [-0.1, -0.05) is 25.1 Å². The third kappa shape index (κ3) is 5.71. The number of carbonyl (C=O) groups excluding carboxylic acids is 1. The van der Waals surface area contributed by atoms with Crippen molar-refractivity contribution in [2.75, 3.05) is 45.4 Å². The van der Waals surface area contributed by atoms with E-state index in [4.69, 9.17) is 19.2 Å². The zero-order chi connectivity index (χ0) is 23.9. The molecular formula is C27H33N3O4. The first-order valence-electron chi connectivity index (χ1n) is 11.8. The van der Waals surface area contributed by atoms with Crippen LogP contribution in [0, 0.1) is 5.92 Å². The van der Waals surface area contributed by atoms with E-state index in [9.17, 15) is 4.79 Å². The number of hydrogen-bond acceptors (Lipinski definition) is 6. The number of piperidine rings is 1. The Bertz CT molecular complexity index is 1130. The molecule has 1 aliphatic rings. The number of fused-ring (bicyclic) bond motifs is 1. The number of pyridine rings is 1. The molecule has 180 valence electrons. The maximum absolute atomic E-state index is 12.4. The molecule has 0 spiro atoms. The molecule has 2 aromatic carbocycles. The number of nitrogens with zero attached hydrogens (tertiary/aromatic N) is 2. The van der Waals surface area contributed by atoms with Gasteiger partial charge in [0.2, 0.25) is 0 Å². The summed E-state index contributed by atoms with van der Waals surface area (Å²) >= 11 is 0. The minimum atomic E-state index is -0.168. The molecule has 1 aliphatic heterocycles. The third-order valence-electron chi connectivity index (χ3n) is 6.19. The van der Waals surface area contributed by atoms with Crippen molar-refractivity contribution in [3.05, 3.63) is 54.1 Å². The Labute approximate surface area is 201 Å². The molecule has 4 rings (SSSR count). The summed E-state index contributed by atoms with van der Waals surface area (Å²) in [6, 6.07) is 15.7. The summed E-state index contributed by atoms with van der Waals surface area (Å²) in [4.78, 5) is 19.6. The first-order chi connectivity index (χ1) is 16.6. The third-order valence-corrected chi connectivity index (χ3v) is 6.19. The topological polar surface area (TPSA) is 72.9 Å². The fourth-order valence-corrected chi connectivity index (χ4v) is 4.38. The zero-order valence-corrected chi connectivity index (χ0v) is 20.2. The van der Waals surface area contributed by atoms with Crippen LogP contribution in [0.25, 0.3) is 10.9 Å². The van der Waals surface area contributed by atoms with Crippen molar-refractivity contribution in [3.8, 4) is 17.2 Å². The molecular weight excluding hydrogens is 430 g/mol. The first-order valence-corrected chi connectivity index (χ1v) is 11.8. The van der Waals surface area contributed by atoms with Crippen molar-refractivity contribution >= 4 is 22.6 Å². The Hall–Kier alpha value is -3.48. The lowest BCUT2D eigenvalue weighted by Gasteiger charge is -2.32. The second kappa shape index (κ2) is 11.1. The van der Waals surface area contributed by atoms with Crippen molar-refractivity contribution in [1.29, 1.82) is 0 Å². The summed E-state index contributed by atoms with van der Waals surface area (Å²) in [5, 5.41) is 3.92. The number of nitrogens with one attached hydrogen (secondary N) is 1. The van der Waals surface area contributed by atoms with Crippen LogP contribution in [0.3, 0.4) is 0 Å². The molecule has 0 aliphatic carbocycles. The Morgan fingerprint density at radius 1 is 1.09 bits per heavy atom. The van der Waals surface area contributed by atoms with Gasteiger partial charge in [0.15, 0.2) is 18.1 Å². The molecule has 1 atom stereocenters. The zero-order valence-electron chi connectivity index (χ0n) is 20.2. The molecule has 7 nitrogen and oxygen atoms in total. The van der Waals surface area contributed by atoms with Crippen molar-refractivity contribution in [3.63, 3.8) is 0 Å². The van der Waals surface area contributed by atoms with Crippen LogP contribution in [-0.2, 0) is 11.2 Å². The van der Waals surface area contributed by atoms with Gasteiger partial charge in [0.25, 0.3) is 5.91 Å². The molecule has 1 fully saturated rings. The van der Waals surface area contributed by atoms with Gasteiger partial charge in [-0.2, -0.15) is 0 Å². The average molecular weight is 464 g/mol. The molecule has 0 bridgehead atoms. The Kier molecular flexibility index (Phi) is 7.72. The fourth-order valence-electron chi connectivity index (χ4n) is 4.38. The maximum atomic E-state index is 12.4. The number of rotatable bonds is 9. The average Bonchev–Trinajstić information content (AvgIpc) is 2.87. The molecule has 2 heterocycles. The van der Waals surface area contributed by atoms with Gasteiger partial charge in [0.1, 0.15) is 17.1 Å². The second-order valence-electron chi connectivity index (χ2n) is 8.77. The fraction of sp³-hybridized carbons (Fsp3) is 0.407. The van der Waals surface area contributed by atoms with Crippen LogP contribution in [0.5, 0.6) is 17.2 Å². The monoisotopic (exact) mass is 463 g/mol. The van der Waals surface area contributed by atoms with E-state index in [0.29, 0.717) is 36.1 Å². The standard InChI is InChI=1S/C27H33N3O4/c1-19-6-5-15-30(17-19)25-12-10-21-7-4-8-23(27(21)29-25)34-18-26(31)28-14-13-20-9-11-22(32-2)24(16-20)33-3/h4,7-12,16,19H,5-6,13-15,17-18H2,1-3H3,(H,28,31). The van der Waals surface area contributed by atoms with Crippen LogP contribution in [0.1, 0.15) is 25.3 Å². The number of carbonyl (C=O) groups is 1. The molecule has 3 aromatic rings. The maximum Gasteiger partial charge on any atom is 0.257 e. The van der Waals surface area contributed by atoms with E-state index in [1.165, 1.54) is 12.8 Å². The number of methoxy groups -OCH3 is 2. The highest BCUT2D eigenvalue weighted by molar-refractivity contribution is 5.86. The molecule has 1 amide bonds. The molecule has 1 saturated heterocycles. The SMILES string of the molecule is COc1ccc(CCNC(=O)COc2cccc3ccc(N4CCCC(C)C4)nc23)cc1OC. The summed E-state index contributed by atoms with van der Waals surface area (Å²) in [5.41, 5.74) is 1.84. The normalized spacial score (nSPS) is 15.7. The minimum absolute atomic E-state index is 0.0578. The van der Waals surface area contributed by atoms with E-state index in [2.05, 4.69) is 29.3 Å². The van der Waals surface area contributed by atoms with Gasteiger partial charge >= 0.3 is 0 Å². The summed E-state index contributed by atoms with van der Waals surface area (Å²) in [6.45, 7) is 4.77. The van der Waals surface area contributed by atoms with Gasteiger partial charge in [-0.15, -0.1) is 0 Å². The van der Waals surface area contributed by atoms with Crippen LogP contribution < -0.4 is 24.4 Å². The number of ether oxygens (including phenoxy) is 3. The summed E-state index contributed by atoms with van der Waals surface area (Å²) < 4.78 is 16.5. The van der Waals surface area contributed by atoms with E-state index in [0.717, 1.165) is 35.4 Å². The van der Waals surface area contributed by atoms with Crippen LogP contribution in [0.2, 0.25) is 0 Å². The van der Waals surface area contributed by atoms with Gasteiger partial charge in [-0.05, 0) is 61.1 Å². The highest BCUT2D eigenvalue weighted by Gasteiger charge is 2.18. The number of amides is 1. The quantitative estimate of drug-likeness (QED) is 0.512. The molecule has 1 N–H and O–H groups in total. The lowest BCUT2D eigenvalue weighted by Crippen LogP contribution is -2.34. The van der Waals surface area contributed by atoms with E-state index < -0.39 is 0 Å². The van der Waals surface area contributed by atoms with Gasteiger partial charge in [0, 0.05) is 25.0 Å². The van der Waals surface area contributed by atoms with E-state index >= 15 is 0 Å². The lowest BCUT2D eigenvalue weighted by molar-refractivity contribution is -0.123. The van der Waals surface area contributed by atoms with E-state index in [1.54, 1.807) is 14.2 Å². The van der Waals surface area contributed by atoms with Gasteiger partial charge in [-0.25, -0.2) is 4.98 Å².